The molecule has 6 heteroatoms. The van der Waals surface area contributed by atoms with E-state index in [2.05, 4.69) is 0 Å². The SMILES string of the molecule is CCC1(C(=O)O)CCCN1C(=O)c1cc2sccc2s1. The molecule has 1 atom stereocenters. The van der Waals surface area contributed by atoms with E-state index in [1.807, 2.05) is 24.4 Å². The van der Waals surface area contributed by atoms with Crippen LogP contribution in [0.3, 0.4) is 0 Å². The van der Waals surface area contributed by atoms with Gasteiger partial charge in [-0.3, -0.25) is 4.79 Å². The molecule has 0 aliphatic carbocycles. The molecule has 0 aromatic carbocycles. The Morgan fingerprint density at radius 2 is 2.25 bits per heavy atom. The first kappa shape index (κ1) is 13.6. The van der Waals surface area contributed by atoms with Gasteiger partial charge in [-0.25, -0.2) is 4.79 Å². The number of amides is 1. The first-order valence-electron chi connectivity index (χ1n) is 6.61. The largest absolute Gasteiger partial charge is 0.479 e. The zero-order valence-corrected chi connectivity index (χ0v) is 12.7. The smallest absolute Gasteiger partial charge is 0.329 e. The van der Waals surface area contributed by atoms with E-state index in [1.165, 1.54) is 11.3 Å². The Morgan fingerprint density at radius 1 is 1.45 bits per heavy atom. The second-order valence-corrected chi connectivity index (χ2v) is 7.04. The predicted octanol–water partition coefficient (Wildman–Crippen LogP) is 3.43. The van der Waals surface area contributed by atoms with Crippen LogP contribution in [0.4, 0.5) is 0 Å². The Kier molecular flexibility index (Phi) is 3.30. The Morgan fingerprint density at radius 3 is 2.90 bits per heavy atom. The normalized spacial score (nSPS) is 22.6. The van der Waals surface area contributed by atoms with Gasteiger partial charge in [0, 0.05) is 15.9 Å². The van der Waals surface area contributed by atoms with Crippen LogP contribution in [0.1, 0.15) is 35.9 Å². The molecule has 2 aromatic heterocycles. The van der Waals surface area contributed by atoms with E-state index in [1.54, 1.807) is 16.2 Å². The first-order chi connectivity index (χ1) is 9.58. The van der Waals surface area contributed by atoms with Crippen molar-refractivity contribution in [2.24, 2.45) is 0 Å². The first-order valence-corrected chi connectivity index (χ1v) is 8.30. The second-order valence-electron chi connectivity index (χ2n) is 5.01. The van der Waals surface area contributed by atoms with Crippen LogP contribution in [0.25, 0.3) is 9.40 Å². The van der Waals surface area contributed by atoms with Gasteiger partial charge in [-0.05, 0) is 36.8 Å². The number of hydrogen-bond donors (Lipinski definition) is 1. The number of carboxylic acid groups (broad SMARTS) is 1. The Balaban J connectivity index is 1.96. The summed E-state index contributed by atoms with van der Waals surface area (Å²) in [5.74, 6) is -1.02. The van der Waals surface area contributed by atoms with Gasteiger partial charge in [0.15, 0.2) is 0 Å². The van der Waals surface area contributed by atoms with Crippen molar-refractivity contribution in [2.45, 2.75) is 31.7 Å². The number of likely N-dealkylation sites (tertiary alicyclic amines) is 1. The summed E-state index contributed by atoms with van der Waals surface area (Å²) in [6.07, 6.45) is 1.75. The van der Waals surface area contributed by atoms with Crippen LogP contribution >= 0.6 is 22.7 Å². The molecule has 2 aromatic rings. The highest BCUT2D eigenvalue weighted by molar-refractivity contribution is 7.27. The van der Waals surface area contributed by atoms with Gasteiger partial charge in [-0.1, -0.05) is 6.92 Å². The van der Waals surface area contributed by atoms with Crippen LogP contribution < -0.4 is 0 Å². The number of aliphatic carboxylic acids is 1. The topological polar surface area (TPSA) is 57.6 Å². The van der Waals surface area contributed by atoms with Crippen molar-refractivity contribution in [2.75, 3.05) is 6.54 Å². The van der Waals surface area contributed by atoms with Crippen LogP contribution in [-0.2, 0) is 4.79 Å². The van der Waals surface area contributed by atoms with Gasteiger partial charge in [0.25, 0.3) is 5.91 Å². The van der Waals surface area contributed by atoms with Crippen molar-refractivity contribution in [3.8, 4) is 0 Å². The maximum Gasteiger partial charge on any atom is 0.329 e. The molecule has 1 amide bonds. The molecule has 0 radical (unpaired) electrons. The molecule has 1 fully saturated rings. The molecule has 20 heavy (non-hydrogen) atoms. The summed E-state index contributed by atoms with van der Waals surface area (Å²) < 4.78 is 2.19. The van der Waals surface area contributed by atoms with Gasteiger partial charge in [0.05, 0.1) is 4.88 Å². The molecule has 1 saturated heterocycles. The quantitative estimate of drug-likeness (QED) is 0.945. The lowest BCUT2D eigenvalue weighted by atomic mass is 9.93. The van der Waals surface area contributed by atoms with Crippen LogP contribution in [0.2, 0.25) is 0 Å². The van der Waals surface area contributed by atoms with Crippen molar-refractivity contribution in [1.82, 2.24) is 4.90 Å². The average molecular weight is 309 g/mol. The van der Waals surface area contributed by atoms with E-state index in [4.69, 9.17) is 0 Å². The third kappa shape index (κ3) is 1.86. The maximum absolute atomic E-state index is 12.7. The number of fused-ring (bicyclic) bond motifs is 1. The summed E-state index contributed by atoms with van der Waals surface area (Å²) in [7, 11) is 0. The van der Waals surface area contributed by atoms with Gasteiger partial charge in [0.2, 0.25) is 0 Å². The standard InChI is InChI=1S/C14H15NO3S2/c1-2-14(13(17)18)5-3-6-15(14)12(16)11-8-10-9(20-11)4-7-19-10/h4,7-8H,2-3,5-6H2,1H3,(H,17,18). The van der Waals surface area contributed by atoms with Gasteiger partial charge in [-0.15, -0.1) is 22.7 Å². The second kappa shape index (κ2) is 4.86. The summed E-state index contributed by atoms with van der Waals surface area (Å²) in [6, 6.07) is 3.88. The van der Waals surface area contributed by atoms with E-state index >= 15 is 0 Å². The number of thiophene rings is 2. The highest BCUT2D eigenvalue weighted by Crippen LogP contribution is 2.37. The maximum atomic E-state index is 12.7. The zero-order valence-electron chi connectivity index (χ0n) is 11.1. The van der Waals surface area contributed by atoms with E-state index in [9.17, 15) is 14.7 Å². The average Bonchev–Trinajstić information content (AvgIpc) is 3.11. The molecule has 1 N–H and O–H groups in total. The molecule has 0 bridgehead atoms. The highest BCUT2D eigenvalue weighted by Gasteiger charge is 2.48. The summed E-state index contributed by atoms with van der Waals surface area (Å²) in [4.78, 5) is 26.5. The summed E-state index contributed by atoms with van der Waals surface area (Å²) in [6.45, 7) is 2.37. The minimum Gasteiger partial charge on any atom is -0.479 e. The lowest BCUT2D eigenvalue weighted by Crippen LogP contribution is -2.52. The van der Waals surface area contributed by atoms with Crippen molar-refractivity contribution >= 4 is 43.9 Å². The molecule has 1 unspecified atom stereocenters. The highest BCUT2D eigenvalue weighted by atomic mass is 32.1. The van der Waals surface area contributed by atoms with Crippen LogP contribution in [0.5, 0.6) is 0 Å². The number of carbonyl (C=O) groups is 2. The van der Waals surface area contributed by atoms with Gasteiger partial charge in [-0.2, -0.15) is 0 Å². The van der Waals surface area contributed by atoms with Crippen molar-refractivity contribution in [3.05, 3.63) is 22.4 Å². The zero-order chi connectivity index (χ0) is 14.3. The van der Waals surface area contributed by atoms with Crippen molar-refractivity contribution in [1.29, 1.82) is 0 Å². The van der Waals surface area contributed by atoms with E-state index in [-0.39, 0.29) is 5.91 Å². The molecule has 1 aliphatic heterocycles. The Hall–Kier alpha value is -1.40. The van der Waals surface area contributed by atoms with Crippen molar-refractivity contribution < 1.29 is 14.7 Å². The fourth-order valence-electron chi connectivity index (χ4n) is 2.92. The molecule has 1 aliphatic rings. The molecule has 3 heterocycles. The molecular formula is C14H15NO3S2. The summed E-state index contributed by atoms with van der Waals surface area (Å²) in [5.41, 5.74) is -1.02. The molecule has 3 rings (SSSR count). The number of nitrogens with zero attached hydrogens (tertiary/aromatic N) is 1. The fraction of sp³-hybridized carbons (Fsp3) is 0.429. The molecule has 0 spiro atoms. The monoisotopic (exact) mass is 309 g/mol. The molecular weight excluding hydrogens is 294 g/mol. The van der Waals surface area contributed by atoms with Crippen LogP contribution in [0, 0.1) is 0 Å². The Bertz CT molecular complexity index is 646. The minimum absolute atomic E-state index is 0.139. The lowest BCUT2D eigenvalue weighted by Gasteiger charge is -2.33. The fourth-order valence-corrected chi connectivity index (χ4v) is 4.98. The van der Waals surface area contributed by atoms with E-state index in [0.29, 0.717) is 24.3 Å². The molecule has 106 valence electrons. The predicted molar refractivity (Wildman–Crippen MR) is 80.6 cm³/mol. The summed E-state index contributed by atoms with van der Waals surface area (Å²) in [5, 5.41) is 11.5. The molecule has 0 saturated carbocycles. The van der Waals surface area contributed by atoms with Gasteiger partial charge < -0.3 is 10.0 Å². The third-order valence-electron chi connectivity index (χ3n) is 4.07. The van der Waals surface area contributed by atoms with Crippen LogP contribution in [0.15, 0.2) is 17.5 Å². The van der Waals surface area contributed by atoms with Gasteiger partial charge in [0.1, 0.15) is 5.54 Å². The number of rotatable bonds is 3. The Labute approximate surface area is 124 Å². The van der Waals surface area contributed by atoms with Gasteiger partial charge >= 0.3 is 5.97 Å². The summed E-state index contributed by atoms with van der Waals surface area (Å²) >= 11 is 3.05. The van der Waals surface area contributed by atoms with Crippen LogP contribution in [-0.4, -0.2) is 34.0 Å². The minimum atomic E-state index is -1.02. The third-order valence-corrected chi connectivity index (χ3v) is 6.15. The number of carboxylic acids is 1. The molecule has 4 nitrogen and oxygen atoms in total. The number of hydrogen-bond acceptors (Lipinski definition) is 4. The lowest BCUT2D eigenvalue weighted by molar-refractivity contribution is -0.148. The van der Waals surface area contributed by atoms with Crippen molar-refractivity contribution in [3.63, 3.8) is 0 Å². The van der Waals surface area contributed by atoms with E-state index < -0.39 is 11.5 Å². The van der Waals surface area contributed by atoms with E-state index in [0.717, 1.165) is 15.8 Å². The number of carbonyl (C=O) groups excluding carboxylic acids is 1.